The minimum Gasteiger partial charge on any atom is -0.508 e. The van der Waals surface area contributed by atoms with Crippen molar-refractivity contribution in [2.45, 2.75) is 6.54 Å². The highest BCUT2D eigenvalue weighted by Gasteiger charge is 2.16. The fourth-order valence-corrected chi connectivity index (χ4v) is 2.08. The van der Waals surface area contributed by atoms with E-state index in [4.69, 9.17) is 17.3 Å². The molecule has 0 fully saturated rings. The fourth-order valence-electron chi connectivity index (χ4n) is 1.88. The van der Waals surface area contributed by atoms with Crippen LogP contribution < -0.4 is 5.73 Å². The number of nitrogens with zero attached hydrogens (tertiary/aromatic N) is 1. The number of aromatic hydroxyl groups is 1. The second-order valence-corrected chi connectivity index (χ2v) is 4.94. The van der Waals surface area contributed by atoms with E-state index in [2.05, 4.69) is 0 Å². The van der Waals surface area contributed by atoms with E-state index in [0.717, 1.165) is 0 Å². The number of rotatable bonds is 3. The van der Waals surface area contributed by atoms with Crippen molar-refractivity contribution in [2.75, 3.05) is 12.8 Å². The van der Waals surface area contributed by atoms with E-state index in [9.17, 15) is 9.90 Å². The molecule has 0 aliphatic carbocycles. The lowest BCUT2D eigenvalue weighted by Gasteiger charge is -2.18. The summed E-state index contributed by atoms with van der Waals surface area (Å²) >= 11 is 6.02. The van der Waals surface area contributed by atoms with Crippen molar-refractivity contribution in [3.05, 3.63) is 58.6 Å². The van der Waals surface area contributed by atoms with Crippen molar-refractivity contribution in [3.8, 4) is 5.75 Å². The molecule has 0 spiro atoms. The first-order valence-corrected chi connectivity index (χ1v) is 6.44. The summed E-state index contributed by atoms with van der Waals surface area (Å²) in [5, 5.41) is 10.1. The lowest BCUT2D eigenvalue weighted by Crippen LogP contribution is -2.26. The maximum Gasteiger partial charge on any atom is 0.255 e. The zero-order chi connectivity index (χ0) is 14.7. The van der Waals surface area contributed by atoms with E-state index in [0.29, 0.717) is 21.8 Å². The van der Waals surface area contributed by atoms with Gasteiger partial charge >= 0.3 is 0 Å². The Bertz CT molecular complexity index is 644. The molecule has 0 aliphatic heterocycles. The average molecular weight is 291 g/mol. The smallest absolute Gasteiger partial charge is 0.255 e. The van der Waals surface area contributed by atoms with Gasteiger partial charge in [-0.05, 0) is 24.3 Å². The largest absolute Gasteiger partial charge is 0.508 e. The van der Waals surface area contributed by atoms with E-state index >= 15 is 0 Å². The van der Waals surface area contributed by atoms with Crippen LogP contribution in [0.2, 0.25) is 5.02 Å². The molecule has 0 saturated carbocycles. The van der Waals surface area contributed by atoms with Gasteiger partial charge < -0.3 is 15.7 Å². The van der Waals surface area contributed by atoms with Gasteiger partial charge in [0.25, 0.3) is 5.91 Å². The molecule has 2 aromatic rings. The molecule has 0 atom stereocenters. The van der Waals surface area contributed by atoms with Crippen molar-refractivity contribution < 1.29 is 9.90 Å². The lowest BCUT2D eigenvalue weighted by atomic mass is 10.1. The normalized spacial score (nSPS) is 10.3. The molecule has 0 unspecified atom stereocenters. The van der Waals surface area contributed by atoms with Gasteiger partial charge in [0.15, 0.2) is 0 Å². The number of nitrogen functional groups attached to an aromatic ring is 1. The number of anilines is 1. The summed E-state index contributed by atoms with van der Waals surface area (Å²) in [6.07, 6.45) is 0. The summed E-state index contributed by atoms with van der Waals surface area (Å²) < 4.78 is 0. The zero-order valence-electron chi connectivity index (χ0n) is 11.0. The van der Waals surface area contributed by atoms with Gasteiger partial charge in [0, 0.05) is 24.8 Å². The Balaban J connectivity index is 2.21. The number of hydrogen-bond donors (Lipinski definition) is 2. The topological polar surface area (TPSA) is 66.6 Å². The summed E-state index contributed by atoms with van der Waals surface area (Å²) in [4.78, 5) is 13.8. The molecule has 0 radical (unpaired) electrons. The lowest BCUT2D eigenvalue weighted by molar-refractivity contribution is 0.0784. The van der Waals surface area contributed by atoms with Crippen LogP contribution in [-0.4, -0.2) is 23.0 Å². The number of hydrogen-bond acceptors (Lipinski definition) is 3. The molecule has 5 heteroatoms. The van der Waals surface area contributed by atoms with Crippen LogP contribution in [0.15, 0.2) is 42.5 Å². The Morgan fingerprint density at radius 2 is 2.00 bits per heavy atom. The molecular weight excluding hydrogens is 276 g/mol. The fraction of sp³-hybridized carbons (Fsp3) is 0.133. The third-order valence-corrected chi connectivity index (χ3v) is 3.30. The predicted molar refractivity (Wildman–Crippen MR) is 79.8 cm³/mol. The van der Waals surface area contributed by atoms with Crippen LogP contribution in [-0.2, 0) is 6.54 Å². The van der Waals surface area contributed by atoms with E-state index in [-0.39, 0.29) is 18.2 Å². The molecule has 3 N–H and O–H groups in total. The predicted octanol–water partition coefficient (Wildman–Crippen LogP) is 2.90. The van der Waals surface area contributed by atoms with E-state index in [1.165, 1.54) is 4.90 Å². The van der Waals surface area contributed by atoms with Crippen molar-refractivity contribution in [3.63, 3.8) is 0 Å². The van der Waals surface area contributed by atoms with Crippen LogP contribution in [0.1, 0.15) is 15.9 Å². The molecule has 0 saturated heterocycles. The Morgan fingerprint density at radius 3 is 2.70 bits per heavy atom. The molecule has 0 heterocycles. The number of carbonyl (C=O) groups is 1. The molecular formula is C15H15ClN2O2. The molecule has 20 heavy (non-hydrogen) atoms. The molecule has 4 nitrogen and oxygen atoms in total. The summed E-state index contributed by atoms with van der Waals surface area (Å²) in [6.45, 7) is 0.288. The average Bonchev–Trinajstić information content (AvgIpc) is 2.43. The Kier molecular flexibility index (Phi) is 4.15. The first-order valence-electron chi connectivity index (χ1n) is 6.06. The minimum atomic E-state index is -0.245. The van der Waals surface area contributed by atoms with Gasteiger partial charge in [-0.1, -0.05) is 29.8 Å². The first-order chi connectivity index (χ1) is 9.49. The van der Waals surface area contributed by atoms with Gasteiger partial charge in [0.2, 0.25) is 0 Å². The highest BCUT2D eigenvalue weighted by Crippen LogP contribution is 2.22. The van der Waals surface area contributed by atoms with Gasteiger partial charge in [-0.3, -0.25) is 4.79 Å². The van der Waals surface area contributed by atoms with Crippen molar-refractivity contribution >= 4 is 23.2 Å². The number of halogens is 1. The third kappa shape index (κ3) is 3.03. The van der Waals surface area contributed by atoms with Crippen molar-refractivity contribution in [1.82, 2.24) is 4.90 Å². The zero-order valence-corrected chi connectivity index (χ0v) is 11.8. The van der Waals surface area contributed by atoms with Crippen LogP contribution in [0.25, 0.3) is 0 Å². The van der Waals surface area contributed by atoms with Gasteiger partial charge in [-0.25, -0.2) is 0 Å². The third-order valence-electron chi connectivity index (χ3n) is 2.97. The molecule has 0 aliphatic rings. The molecule has 2 rings (SSSR count). The molecule has 1 amide bonds. The number of phenolic OH excluding ortho intramolecular Hbond substituents is 1. The van der Waals surface area contributed by atoms with Gasteiger partial charge in [0.05, 0.1) is 10.6 Å². The second-order valence-electron chi connectivity index (χ2n) is 4.53. The number of nitrogens with two attached hydrogens (primary N) is 1. The number of para-hydroxylation sites is 1. The van der Waals surface area contributed by atoms with Crippen LogP contribution in [0.3, 0.4) is 0 Å². The summed E-state index contributed by atoms with van der Waals surface area (Å²) in [6, 6.07) is 11.7. The number of carbonyl (C=O) groups excluding carboxylic acids is 1. The SMILES string of the molecule is CN(Cc1ccccc1O)C(=O)c1cc(N)ccc1Cl. The maximum atomic E-state index is 12.3. The van der Waals surface area contributed by atoms with Crippen LogP contribution in [0.5, 0.6) is 5.75 Å². The summed E-state index contributed by atoms with van der Waals surface area (Å²) in [7, 11) is 1.65. The number of phenols is 1. The van der Waals surface area contributed by atoms with Gasteiger partial charge in [0.1, 0.15) is 5.75 Å². The molecule has 2 aromatic carbocycles. The van der Waals surface area contributed by atoms with E-state index in [1.54, 1.807) is 49.5 Å². The highest BCUT2D eigenvalue weighted by molar-refractivity contribution is 6.33. The van der Waals surface area contributed by atoms with E-state index < -0.39 is 0 Å². The Labute approximate surface area is 122 Å². The van der Waals surface area contributed by atoms with Crippen molar-refractivity contribution in [2.24, 2.45) is 0 Å². The summed E-state index contributed by atoms with van der Waals surface area (Å²) in [5.41, 5.74) is 7.17. The molecule has 0 bridgehead atoms. The van der Waals surface area contributed by atoms with E-state index in [1.807, 2.05) is 0 Å². The number of amides is 1. The quantitative estimate of drug-likeness (QED) is 0.854. The standard InChI is InChI=1S/C15H15ClN2O2/c1-18(9-10-4-2-3-5-14(10)19)15(20)12-8-11(17)6-7-13(12)16/h2-8,19H,9,17H2,1H3. The van der Waals surface area contributed by atoms with Gasteiger partial charge in [-0.2, -0.15) is 0 Å². The molecule has 104 valence electrons. The Morgan fingerprint density at radius 1 is 1.30 bits per heavy atom. The monoisotopic (exact) mass is 290 g/mol. The maximum absolute atomic E-state index is 12.3. The van der Waals surface area contributed by atoms with Gasteiger partial charge in [-0.15, -0.1) is 0 Å². The second kappa shape index (κ2) is 5.84. The minimum absolute atomic E-state index is 0.158. The Hall–Kier alpha value is -2.20. The number of benzene rings is 2. The molecule has 0 aromatic heterocycles. The van der Waals surface area contributed by atoms with Crippen LogP contribution in [0.4, 0.5) is 5.69 Å². The van der Waals surface area contributed by atoms with Crippen molar-refractivity contribution in [1.29, 1.82) is 0 Å². The van der Waals surface area contributed by atoms with Crippen LogP contribution >= 0.6 is 11.6 Å². The highest BCUT2D eigenvalue weighted by atomic mass is 35.5. The summed E-state index contributed by atoms with van der Waals surface area (Å²) in [5.74, 6) is -0.0867. The first kappa shape index (κ1) is 14.2. The van der Waals surface area contributed by atoms with Crippen LogP contribution in [0, 0.1) is 0 Å².